The Labute approximate surface area is 115 Å². The minimum absolute atomic E-state index is 0.00244. The maximum atomic E-state index is 12.1. The van der Waals surface area contributed by atoms with E-state index >= 15 is 0 Å². The van der Waals surface area contributed by atoms with Gasteiger partial charge in [-0.25, -0.2) is 0 Å². The molecule has 2 rings (SSSR count). The number of nitrogens with one attached hydrogen (secondary N) is 1. The molecule has 1 saturated heterocycles. The van der Waals surface area contributed by atoms with E-state index < -0.39 is 0 Å². The van der Waals surface area contributed by atoms with Crippen molar-refractivity contribution in [1.29, 1.82) is 0 Å². The second-order valence-corrected chi connectivity index (χ2v) is 6.12. The van der Waals surface area contributed by atoms with Gasteiger partial charge in [0.15, 0.2) is 0 Å². The summed E-state index contributed by atoms with van der Waals surface area (Å²) < 4.78 is 11.3. The molecule has 2 fully saturated rings. The molecule has 0 aromatic rings. The van der Waals surface area contributed by atoms with Gasteiger partial charge in [0.05, 0.1) is 12.2 Å². The van der Waals surface area contributed by atoms with E-state index in [4.69, 9.17) is 15.2 Å². The lowest BCUT2D eigenvalue weighted by Gasteiger charge is -2.51. The smallest absolute Gasteiger partial charge is 0.249 e. The Hall–Kier alpha value is -0.650. The van der Waals surface area contributed by atoms with Crippen LogP contribution < -0.4 is 11.1 Å². The number of hydrogen-bond acceptors (Lipinski definition) is 4. The van der Waals surface area contributed by atoms with Gasteiger partial charge in [0, 0.05) is 24.6 Å². The largest absolute Gasteiger partial charge is 0.378 e. The first-order valence-corrected chi connectivity index (χ1v) is 7.26. The van der Waals surface area contributed by atoms with Crippen LogP contribution in [-0.2, 0) is 14.3 Å². The number of rotatable bonds is 5. The van der Waals surface area contributed by atoms with Crippen LogP contribution in [0, 0.1) is 5.41 Å². The molecule has 3 N–H and O–H groups in total. The lowest BCUT2D eigenvalue weighted by Crippen LogP contribution is -2.63. The summed E-state index contributed by atoms with van der Waals surface area (Å²) >= 11 is 0. The molecule has 4 atom stereocenters. The lowest BCUT2D eigenvalue weighted by atomic mass is 9.64. The van der Waals surface area contributed by atoms with E-state index in [1.54, 1.807) is 0 Å². The standard InChI is InChI=1S/C14H26N2O3/c1-4-18-12-7-11(14(12,2)3)16-13(17)10-6-5-9(8-15)19-10/h9-12H,4-8,15H2,1-3H3,(H,16,17). The molecule has 4 unspecified atom stereocenters. The fourth-order valence-electron chi connectivity index (χ4n) is 2.95. The maximum Gasteiger partial charge on any atom is 0.249 e. The van der Waals surface area contributed by atoms with Crippen molar-refractivity contribution in [3.8, 4) is 0 Å². The monoisotopic (exact) mass is 270 g/mol. The van der Waals surface area contributed by atoms with E-state index in [1.807, 2.05) is 6.92 Å². The number of amides is 1. The van der Waals surface area contributed by atoms with Crippen LogP contribution in [0.4, 0.5) is 0 Å². The molecule has 0 aromatic carbocycles. The summed E-state index contributed by atoms with van der Waals surface area (Å²) in [6, 6.07) is 0.178. The summed E-state index contributed by atoms with van der Waals surface area (Å²) in [6.07, 6.45) is 2.50. The van der Waals surface area contributed by atoms with Gasteiger partial charge in [-0.2, -0.15) is 0 Å². The molecule has 0 radical (unpaired) electrons. The summed E-state index contributed by atoms with van der Waals surface area (Å²) in [5.41, 5.74) is 5.55. The average Bonchev–Trinajstić information content (AvgIpc) is 2.86. The van der Waals surface area contributed by atoms with E-state index in [0.717, 1.165) is 25.9 Å². The van der Waals surface area contributed by atoms with E-state index in [1.165, 1.54) is 0 Å². The number of hydrogen-bond donors (Lipinski definition) is 2. The van der Waals surface area contributed by atoms with Crippen LogP contribution in [0.5, 0.6) is 0 Å². The molecule has 19 heavy (non-hydrogen) atoms. The highest BCUT2D eigenvalue weighted by atomic mass is 16.5. The highest BCUT2D eigenvalue weighted by Gasteiger charge is 2.50. The van der Waals surface area contributed by atoms with E-state index in [9.17, 15) is 4.79 Å². The summed E-state index contributed by atoms with van der Waals surface area (Å²) in [5, 5.41) is 3.10. The van der Waals surface area contributed by atoms with Crippen LogP contribution in [0.3, 0.4) is 0 Å². The molecule has 5 nitrogen and oxygen atoms in total. The van der Waals surface area contributed by atoms with Gasteiger partial charge in [-0.3, -0.25) is 4.79 Å². The number of nitrogens with two attached hydrogens (primary N) is 1. The van der Waals surface area contributed by atoms with E-state index in [0.29, 0.717) is 6.54 Å². The molecular formula is C14H26N2O3. The van der Waals surface area contributed by atoms with Crippen molar-refractivity contribution in [1.82, 2.24) is 5.32 Å². The number of carbonyl (C=O) groups excluding carboxylic acids is 1. The summed E-state index contributed by atoms with van der Waals surface area (Å²) in [6.45, 7) is 7.49. The van der Waals surface area contributed by atoms with Crippen molar-refractivity contribution in [2.24, 2.45) is 11.1 Å². The highest BCUT2D eigenvalue weighted by Crippen LogP contribution is 2.42. The van der Waals surface area contributed by atoms with Crippen LogP contribution in [0.25, 0.3) is 0 Å². The van der Waals surface area contributed by atoms with Gasteiger partial charge < -0.3 is 20.5 Å². The van der Waals surface area contributed by atoms with Crippen molar-refractivity contribution < 1.29 is 14.3 Å². The zero-order chi connectivity index (χ0) is 14.0. The fraction of sp³-hybridized carbons (Fsp3) is 0.929. The predicted molar refractivity (Wildman–Crippen MR) is 72.7 cm³/mol. The molecule has 1 amide bonds. The first kappa shape index (κ1) is 14.8. The van der Waals surface area contributed by atoms with Crippen LogP contribution in [0.15, 0.2) is 0 Å². The van der Waals surface area contributed by atoms with Crippen molar-refractivity contribution in [3.05, 3.63) is 0 Å². The molecule has 1 heterocycles. The van der Waals surface area contributed by atoms with Crippen molar-refractivity contribution >= 4 is 5.91 Å². The van der Waals surface area contributed by atoms with Gasteiger partial charge in [-0.15, -0.1) is 0 Å². The summed E-state index contributed by atoms with van der Waals surface area (Å²) in [5.74, 6) is 0.00368. The van der Waals surface area contributed by atoms with Gasteiger partial charge in [0.2, 0.25) is 5.91 Å². The Morgan fingerprint density at radius 3 is 2.74 bits per heavy atom. The molecule has 0 aromatic heterocycles. The van der Waals surface area contributed by atoms with Gasteiger partial charge in [-0.1, -0.05) is 13.8 Å². The third-order valence-corrected chi connectivity index (χ3v) is 4.52. The van der Waals surface area contributed by atoms with Crippen LogP contribution >= 0.6 is 0 Å². The maximum absolute atomic E-state index is 12.1. The third kappa shape index (κ3) is 2.93. The topological polar surface area (TPSA) is 73.6 Å². The quantitative estimate of drug-likeness (QED) is 0.775. The second kappa shape index (κ2) is 5.77. The zero-order valence-corrected chi connectivity index (χ0v) is 12.1. The van der Waals surface area contributed by atoms with Gasteiger partial charge in [0.25, 0.3) is 0 Å². The molecule has 5 heteroatoms. The molecule has 0 bridgehead atoms. The molecule has 1 aliphatic carbocycles. The van der Waals surface area contributed by atoms with Crippen molar-refractivity contribution in [3.63, 3.8) is 0 Å². The third-order valence-electron chi connectivity index (χ3n) is 4.52. The Morgan fingerprint density at radius 1 is 1.47 bits per heavy atom. The van der Waals surface area contributed by atoms with Gasteiger partial charge in [0.1, 0.15) is 6.10 Å². The van der Waals surface area contributed by atoms with Crippen LogP contribution in [0.1, 0.15) is 40.0 Å². The normalized spacial score (nSPS) is 36.8. The van der Waals surface area contributed by atoms with Crippen molar-refractivity contribution in [2.45, 2.75) is 64.4 Å². The zero-order valence-electron chi connectivity index (χ0n) is 12.1. The Kier molecular flexibility index (Phi) is 4.48. The van der Waals surface area contributed by atoms with E-state index in [2.05, 4.69) is 19.2 Å². The summed E-state index contributed by atoms with van der Waals surface area (Å²) in [4.78, 5) is 12.1. The molecule has 2 aliphatic rings. The minimum Gasteiger partial charge on any atom is -0.378 e. The molecule has 0 spiro atoms. The van der Waals surface area contributed by atoms with Crippen molar-refractivity contribution in [2.75, 3.05) is 13.2 Å². The molecular weight excluding hydrogens is 244 g/mol. The predicted octanol–water partition coefficient (Wildman–Crippen LogP) is 0.813. The van der Waals surface area contributed by atoms with Crippen LogP contribution in [0.2, 0.25) is 0 Å². The second-order valence-electron chi connectivity index (χ2n) is 6.12. The lowest BCUT2D eigenvalue weighted by molar-refractivity contribution is -0.145. The SMILES string of the molecule is CCOC1CC(NC(=O)C2CCC(CN)O2)C1(C)C. The molecule has 1 saturated carbocycles. The summed E-state index contributed by atoms with van der Waals surface area (Å²) in [7, 11) is 0. The Bertz CT molecular complexity index is 333. The minimum atomic E-state index is -0.324. The number of ether oxygens (including phenoxy) is 2. The van der Waals surface area contributed by atoms with Gasteiger partial charge in [-0.05, 0) is 26.2 Å². The molecule has 110 valence electrons. The van der Waals surface area contributed by atoms with Gasteiger partial charge >= 0.3 is 0 Å². The van der Waals surface area contributed by atoms with E-state index in [-0.39, 0.29) is 35.7 Å². The Morgan fingerprint density at radius 2 is 2.21 bits per heavy atom. The van der Waals surface area contributed by atoms with Crippen LogP contribution in [-0.4, -0.2) is 43.4 Å². The fourth-order valence-corrected chi connectivity index (χ4v) is 2.95. The first-order valence-electron chi connectivity index (χ1n) is 7.26. The highest BCUT2D eigenvalue weighted by molar-refractivity contribution is 5.81. The molecule has 1 aliphatic heterocycles. The first-order chi connectivity index (χ1) is 8.98. The number of carbonyl (C=O) groups is 1. The Balaban J connectivity index is 1.81. The average molecular weight is 270 g/mol.